The van der Waals surface area contributed by atoms with Crippen LogP contribution in [0, 0.1) is 0 Å². The number of Topliss-reactive ketones (excluding diaryl/α,β-unsaturated/α-hetero) is 2. The second kappa shape index (κ2) is 11.3. The molecule has 0 heterocycles. The fourth-order valence-electron chi connectivity index (χ4n) is 2.00. The largest absolute Gasteiger partial charge is 0.481 e. The summed E-state index contributed by atoms with van der Waals surface area (Å²) in [5.41, 5.74) is -2.78. The van der Waals surface area contributed by atoms with Crippen molar-refractivity contribution < 1.29 is 44.0 Å². The first-order chi connectivity index (χ1) is 11.6. The van der Waals surface area contributed by atoms with Crippen LogP contribution < -0.4 is 0 Å². The maximum Gasteiger partial charge on any atom is 0.336 e. The Morgan fingerprint density at radius 3 is 2.04 bits per heavy atom. The number of rotatable bonds is 14. The molecule has 0 radical (unpaired) electrons. The number of ketones is 2. The van der Waals surface area contributed by atoms with Crippen molar-refractivity contribution in [1.29, 1.82) is 0 Å². The van der Waals surface area contributed by atoms with Gasteiger partial charge >= 0.3 is 17.9 Å². The molecule has 142 valence electrons. The number of hydrogen-bond acceptors (Lipinski definition) is 7. The third-order valence-corrected chi connectivity index (χ3v) is 3.38. The first kappa shape index (κ1) is 22.7. The van der Waals surface area contributed by atoms with E-state index in [4.69, 9.17) is 10.2 Å². The summed E-state index contributed by atoms with van der Waals surface area (Å²) >= 11 is 0. The van der Waals surface area contributed by atoms with Crippen LogP contribution in [0.3, 0.4) is 0 Å². The second-order valence-corrected chi connectivity index (χ2v) is 5.77. The third kappa shape index (κ3) is 10.2. The minimum atomic E-state index is -2.78. The van der Waals surface area contributed by atoms with Crippen LogP contribution in [0.5, 0.6) is 0 Å². The molecule has 1 atom stereocenters. The molecule has 0 saturated carbocycles. The smallest absolute Gasteiger partial charge is 0.336 e. The molecule has 0 bridgehead atoms. The van der Waals surface area contributed by atoms with Gasteiger partial charge in [0.1, 0.15) is 11.6 Å². The zero-order valence-electron chi connectivity index (χ0n) is 14.2. The number of hydrogen-bond donors (Lipinski definition) is 3. The molecule has 0 aromatic carbocycles. The Balaban J connectivity index is 4.20. The van der Waals surface area contributed by atoms with E-state index < -0.39 is 42.1 Å². The minimum Gasteiger partial charge on any atom is -0.481 e. The molecule has 25 heavy (non-hydrogen) atoms. The molecule has 3 N–H and O–H groups in total. The number of aliphatic hydroxyl groups is 1. The molecule has 0 amide bonds. The van der Waals surface area contributed by atoms with Crippen LogP contribution in [0.15, 0.2) is 0 Å². The van der Waals surface area contributed by atoms with E-state index in [9.17, 15) is 29.1 Å². The van der Waals surface area contributed by atoms with Gasteiger partial charge in [0.15, 0.2) is 5.60 Å². The van der Waals surface area contributed by atoms with Crippen molar-refractivity contribution in [3.8, 4) is 0 Å². The summed E-state index contributed by atoms with van der Waals surface area (Å²) in [6.45, 7) is 1.62. The van der Waals surface area contributed by atoms with E-state index in [1.54, 1.807) is 0 Å². The Labute approximate surface area is 145 Å². The molecule has 0 fully saturated rings. The van der Waals surface area contributed by atoms with Crippen LogP contribution >= 0.6 is 0 Å². The SMILES string of the molecule is CCCCCC(=O)CC(=O)CCOC(=O)CC(O)(CC(=O)O)C(=O)O. The first-order valence-electron chi connectivity index (χ1n) is 7.97. The summed E-state index contributed by atoms with van der Waals surface area (Å²) in [5, 5.41) is 27.1. The number of ether oxygens (including phenoxy) is 1. The van der Waals surface area contributed by atoms with E-state index in [0.29, 0.717) is 6.42 Å². The van der Waals surface area contributed by atoms with Gasteiger partial charge in [-0.15, -0.1) is 0 Å². The summed E-state index contributed by atoms with van der Waals surface area (Å²) in [5.74, 6) is -5.19. The highest BCUT2D eigenvalue weighted by Gasteiger charge is 2.41. The van der Waals surface area contributed by atoms with Crippen molar-refractivity contribution in [2.24, 2.45) is 0 Å². The first-order valence-corrected chi connectivity index (χ1v) is 7.97. The fourth-order valence-corrected chi connectivity index (χ4v) is 2.00. The van der Waals surface area contributed by atoms with Crippen molar-refractivity contribution in [2.45, 2.75) is 63.9 Å². The maximum absolute atomic E-state index is 11.6. The quantitative estimate of drug-likeness (QED) is 0.231. The predicted octanol–water partition coefficient (Wildman–Crippen LogP) is 0.709. The number of carboxylic acids is 2. The second-order valence-electron chi connectivity index (χ2n) is 5.77. The van der Waals surface area contributed by atoms with Crippen molar-refractivity contribution in [2.75, 3.05) is 6.61 Å². The number of unbranched alkanes of at least 4 members (excludes halogenated alkanes) is 2. The lowest BCUT2D eigenvalue weighted by Crippen LogP contribution is -2.43. The topological polar surface area (TPSA) is 155 Å². The standard InChI is InChI=1S/C16H24O9/c1-2-3-4-5-11(17)8-12(18)6-7-25-14(21)10-16(24,15(22)23)9-13(19)20/h24H,2-10H2,1H3,(H,19,20)(H,22,23). The van der Waals surface area contributed by atoms with Crippen molar-refractivity contribution in [3.63, 3.8) is 0 Å². The van der Waals surface area contributed by atoms with E-state index in [-0.39, 0.29) is 25.2 Å². The van der Waals surface area contributed by atoms with Crippen LogP contribution in [-0.4, -0.2) is 57.0 Å². The van der Waals surface area contributed by atoms with E-state index in [1.165, 1.54) is 0 Å². The third-order valence-electron chi connectivity index (χ3n) is 3.38. The van der Waals surface area contributed by atoms with Crippen LogP contribution in [0.2, 0.25) is 0 Å². The molecular formula is C16H24O9. The zero-order chi connectivity index (χ0) is 19.5. The summed E-state index contributed by atoms with van der Waals surface area (Å²) in [6, 6.07) is 0. The van der Waals surface area contributed by atoms with E-state index in [0.717, 1.165) is 19.3 Å². The Kier molecular flexibility index (Phi) is 10.3. The van der Waals surface area contributed by atoms with Gasteiger partial charge in [0.2, 0.25) is 0 Å². The van der Waals surface area contributed by atoms with Gasteiger partial charge in [-0.05, 0) is 6.42 Å². The number of carbonyl (C=O) groups is 5. The molecule has 9 heteroatoms. The van der Waals surface area contributed by atoms with Crippen LogP contribution in [0.4, 0.5) is 0 Å². The van der Waals surface area contributed by atoms with E-state index in [1.807, 2.05) is 6.92 Å². The zero-order valence-corrected chi connectivity index (χ0v) is 14.2. The lowest BCUT2D eigenvalue weighted by Gasteiger charge is -2.20. The molecule has 0 rings (SSSR count). The number of carboxylic acid groups (broad SMARTS) is 2. The van der Waals surface area contributed by atoms with E-state index >= 15 is 0 Å². The number of aliphatic carboxylic acids is 2. The van der Waals surface area contributed by atoms with Gasteiger partial charge < -0.3 is 20.1 Å². The van der Waals surface area contributed by atoms with Gasteiger partial charge in [0.25, 0.3) is 0 Å². The Hall–Kier alpha value is -2.29. The molecule has 0 aromatic rings. The highest BCUT2D eigenvalue weighted by atomic mass is 16.5. The lowest BCUT2D eigenvalue weighted by molar-refractivity contribution is -0.172. The summed E-state index contributed by atoms with van der Waals surface area (Å²) < 4.78 is 4.63. The van der Waals surface area contributed by atoms with Gasteiger partial charge in [0.05, 0.1) is 25.9 Å². The predicted molar refractivity (Wildman–Crippen MR) is 83.8 cm³/mol. The van der Waals surface area contributed by atoms with Gasteiger partial charge in [-0.1, -0.05) is 19.8 Å². The van der Waals surface area contributed by atoms with Crippen molar-refractivity contribution in [1.82, 2.24) is 0 Å². The van der Waals surface area contributed by atoms with Gasteiger partial charge in [-0.25, -0.2) is 4.79 Å². The summed E-state index contributed by atoms with van der Waals surface area (Å²) in [6.07, 6.45) is 0.216. The Morgan fingerprint density at radius 1 is 0.920 bits per heavy atom. The monoisotopic (exact) mass is 360 g/mol. The minimum absolute atomic E-state index is 0.188. The van der Waals surface area contributed by atoms with Gasteiger partial charge in [0, 0.05) is 12.8 Å². The average molecular weight is 360 g/mol. The Morgan fingerprint density at radius 2 is 1.52 bits per heavy atom. The highest BCUT2D eigenvalue weighted by Crippen LogP contribution is 2.17. The normalized spacial score (nSPS) is 12.9. The molecule has 0 saturated heterocycles. The lowest BCUT2D eigenvalue weighted by atomic mass is 9.96. The van der Waals surface area contributed by atoms with Crippen LogP contribution in [-0.2, 0) is 28.7 Å². The molecule has 0 aliphatic heterocycles. The van der Waals surface area contributed by atoms with Gasteiger partial charge in [-0.2, -0.15) is 0 Å². The molecule has 0 aromatic heterocycles. The molecule has 9 nitrogen and oxygen atoms in total. The maximum atomic E-state index is 11.6. The molecule has 0 aliphatic carbocycles. The van der Waals surface area contributed by atoms with Crippen LogP contribution in [0.1, 0.15) is 58.3 Å². The summed E-state index contributed by atoms with van der Waals surface area (Å²) in [4.78, 5) is 56.0. The van der Waals surface area contributed by atoms with E-state index in [2.05, 4.69) is 4.74 Å². The van der Waals surface area contributed by atoms with Crippen molar-refractivity contribution >= 4 is 29.5 Å². The van der Waals surface area contributed by atoms with Gasteiger partial charge in [-0.3, -0.25) is 19.2 Å². The highest BCUT2D eigenvalue weighted by molar-refractivity contribution is 5.99. The molecular weight excluding hydrogens is 336 g/mol. The molecule has 0 aliphatic rings. The molecule has 0 spiro atoms. The summed E-state index contributed by atoms with van der Waals surface area (Å²) in [7, 11) is 0. The average Bonchev–Trinajstić information content (AvgIpc) is 2.46. The van der Waals surface area contributed by atoms with Crippen molar-refractivity contribution in [3.05, 3.63) is 0 Å². The molecule has 1 unspecified atom stereocenters. The number of esters is 1. The number of carbonyl (C=O) groups excluding carboxylic acids is 3. The Bertz CT molecular complexity index is 512. The van der Waals surface area contributed by atoms with Crippen LogP contribution in [0.25, 0.3) is 0 Å². The fraction of sp³-hybridized carbons (Fsp3) is 0.688.